The Morgan fingerprint density at radius 2 is 1.77 bits per heavy atom. The summed E-state index contributed by atoms with van der Waals surface area (Å²) in [6.45, 7) is 1.51. The molecule has 6 nitrogen and oxygen atoms in total. The van der Waals surface area contributed by atoms with Gasteiger partial charge in [-0.15, -0.1) is 11.3 Å². The fourth-order valence-corrected chi connectivity index (χ4v) is 5.79. The van der Waals surface area contributed by atoms with Crippen molar-refractivity contribution in [1.29, 1.82) is 0 Å². The van der Waals surface area contributed by atoms with Gasteiger partial charge in [0.25, 0.3) is 0 Å². The van der Waals surface area contributed by atoms with Gasteiger partial charge in [0.05, 0.1) is 5.75 Å². The maximum absolute atomic E-state index is 11.7. The van der Waals surface area contributed by atoms with Crippen molar-refractivity contribution in [2.45, 2.75) is 49.8 Å². The van der Waals surface area contributed by atoms with Gasteiger partial charge in [0.2, 0.25) is 10.0 Å². The third-order valence-corrected chi connectivity index (χ3v) is 8.27. The van der Waals surface area contributed by atoms with E-state index in [1.54, 1.807) is 7.05 Å². The van der Waals surface area contributed by atoms with Crippen LogP contribution in [0.4, 0.5) is 0 Å². The highest BCUT2D eigenvalue weighted by Gasteiger charge is 2.34. The number of benzene rings is 1. The lowest BCUT2D eigenvalue weighted by molar-refractivity contribution is 0.296. The van der Waals surface area contributed by atoms with Crippen LogP contribution in [-0.4, -0.2) is 35.0 Å². The van der Waals surface area contributed by atoms with Crippen LogP contribution in [0, 0.1) is 0 Å². The summed E-state index contributed by atoms with van der Waals surface area (Å²) in [5.74, 6) is 0.781. The topological polar surface area (TPSA) is 82.6 Å². The molecule has 1 heterocycles. The molecule has 1 saturated carbocycles. The number of rotatable bonds is 8. The Bertz CT molecular complexity index is 917. The third kappa shape index (κ3) is 6.06. The fraction of sp³-hybridized carbons (Fsp3) is 0.500. The van der Waals surface area contributed by atoms with Crippen molar-refractivity contribution < 1.29 is 8.42 Å². The van der Waals surface area contributed by atoms with Crippen LogP contribution < -0.4 is 15.4 Å². The molecule has 2 aromatic rings. The van der Waals surface area contributed by atoms with Crippen LogP contribution in [0.1, 0.15) is 48.1 Å². The predicted molar refractivity (Wildman–Crippen MR) is 125 cm³/mol. The average molecular weight is 449 g/mol. The van der Waals surface area contributed by atoms with Gasteiger partial charge in [-0.2, -0.15) is 0 Å². The van der Waals surface area contributed by atoms with Gasteiger partial charge < -0.3 is 10.6 Å². The Morgan fingerprint density at radius 3 is 2.37 bits per heavy atom. The van der Waals surface area contributed by atoms with Crippen LogP contribution >= 0.6 is 11.3 Å². The molecule has 1 aliphatic rings. The van der Waals surface area contributed by atoms with E-state index in [-0.39, 0.29) is 11.2 Å². The van der Waals surface area contributed by atoms with Crippen molar-refractivity contribution in [3.05, 3.63) is 57.8 Å². The zero-order chi connectivity index (χ0) is 21.5. The number of sulfonamides is 1. The highest BCUT2D eigenvalue weighted by molar-refractivity contribution is 7.88. The Labute approximate surface area is 184 Å². The van der Waals surface area contributed by atoms with E-state index in [1.807, 2.05) is 35.6 Å². The van der Waals surface area contributed by atoms with Crippen molar-refractivity contribution in [2.24, 2.45) is 4.99 Å². The molecule has 1 fully saturated rings. The SMILES string of the molecule is CN=C(NCc1ccc(CS(=O)(=O)NC)cc1)NCC1(c2cccs2)CCCCC1. The molecule has 1 aliphatic carbocycles. The summed E-state index contributed by atoms with van der Waals surface area (Å²) in [5.41, 5.74) is 2.05. The first-order chi connectivity index (χ1) is 14.5. The molecule has 3 N–H and O–H groups in total. The molecule has 0 bridgehead atoms. The Hall–Kier alpha value is -1.90. The monoisotopic (exact) mass is 448 g/mol. The van der Waals surface area contributed by atoms with Crippen LogP contribution in [0.2, 0.25) is 0 Å². The minimum Gasteiger partial charge on any atom is -0.355 e. The molecule has 1 aromatic heterocycles. The van der Waals surface area contributed by atoms with Crippen LogP contribution in [0.3, 0.4) is 0 Å². The number of nitrogens with zero attached hydrogens (tertiary/aromatic N) is 1. The number of nitrogens with one attached hydrogen (secondary N) is 3. The van der Waals surface area contributed by atoms with Crippen LogP contribution in [0.15, 0.2) is 46.8 Å². The van der Waals surface area contributed by atoms with Gasteiger partial charge >= 0.3 is 0 Å². The van der Waals surface area contributed by atoms with Crippen molar-refractivity contribution in [1.82, 2.24) is 15.4 Å². The molecule has 0 radical (unpaired) electrons. The summed E-state index contributed by atoms with van der Waals surface area (Å²) in [6.07, 6.45) is 6.32. The molecule has 0 saturated heterocycles. The van der Waals surface area contributed by atoms with Gasteiger partial charge in [-0.1, -0.05) is 49.6 Å². The summed E-state index contributed by atoms with van der Waals surface area (Å²) in [7, 11) is -0.0276. The van der Waals surface area contributed by atoms with Gasteiger partial charge in [-0.25, -0.2) is 13.1 Å². The highest BCUT2D eigenvalue weighted by atomic mass is 32.2. The van der Waals surface area contributed by atoms with E-state index in [0.717, 1.165) is 23.6 Å². The molecule has 1 aromatic carbocycles. The molecule has 0 unspecified atom stereocenters. The second-order valence-corrected chi connectivity index (χ2v) is 10.8. The van der Waals surface area contributed by atoms with E-state index in [0.29, 0.717) is 6.54 Å². The molecule has 0 amide bonds. The maximum Gasteiger partial charge on any atom is 0.215 e. The summed E-state index contributed by atoms with van der Waals surface area (Å²) < 4.78 is 25.7. The Morgan fingerprint density at radius 1 is 1.07 bits per heavy atom. The van der Waals surface area contributed by atoms with Crippen molar-refractivity contribution in [2.75, 3.05) is 20.6 Å². The lowest BCUT2D eigenvalue weighted by Gasteiger charge is -2.37. The summed E-state index contributed by atoms with van der Waals surface area (Å²) in [6, 6.07) is 12.0. The van der Waals surface area contributed by atoms with E-state index in [4.69, 9.17) is 0 Å². The van der Waals surface area contributed by atoms with Crippen LogP contribution in [0.25, 0.3) is 0 Å². The van der Waals surface area contributed by atoms with E-state index < -0.39 is 10.0 Å². The minimum atomic E-state index is -3.25. The lowest BCUT2D eigenvalue weighted by Crippen LogP contribution is -2.46. The molecule has 8 heteroatoms. The predicted octanol–water partition coefficient (Wildman–Crippen LogP) is 3.36. The van der Waals surface area contributed by atoms with E-state index in [1.165, 1.54) is 44.0 Å². The molecular formula is C22H32N4O2S2. The average Bonchev–Trinajstić information content (AvgIpc) is 3.31. The lowest BCUT2D eigenvalue weighted by atomic mass is 9.73. The molecule has 0 atom stereocenters. The second-order valence-electron chi connectivity index (χ2n) is 7.88. The number of aliphatic imine (C=N–C) groups is 1. The quantitative estimate of drug-likeness (QED) is 0.427. The van der Waals surface area contributed by atoms with Gasteiger partial charge in [-0.3, -0.25) is 4.99 Å². The zero-order valence-electron chi connectivity index (χ0n) is 17.8. The zero-order valence-corrected chi connectivity index (χ0v) is 19.4. The van der Waals surface area contributed by atoms with Gasteiger partial charge in [0, 0.05) is 30.4 Å². The summed E-state index contributed by atoms with van der Waals surface area (Å²) in [4.78, 5) is 5.86. The number of guanidine groups is 1. The maximum atomic E-state index is 11.7. The molecule has 164 valence electrons. The van der Waals surface area contributed by atoms with E-state index in [9.17, 15) is 8.42 Å². The molecule has 3 rings (SSSR count). The van der Waals surface area contributed by atoms with Crippen molar-refractivity contribution >= 4 is 27.3 Å². The largest absolute Gasteiger partial charge is 0.355 e. The normalized spacial score (nSPS) is 16.9. The summed E-state index contributed by atoms with van der Waals surface area (Å²) in [5, 5.41) is 9.10. The Kier molecular flexibility index (Phi) is 7.91. The molecular weight excluding hydrogens is 416 g/mol. The third-order valence-electron chi connectivity index (χ3n) is 5.82. The Balaban J connectivity index is 1.56. The first-order valence-electron chi connectivity index (χ1n) is 10.4. The standard InChI is InChI=1S/C22H32N4O2S2/c1-23-21(25-15-18-8-10-19(11-9-18)16-30(27,28)24-2)26-17-22(12-4-3-5-13-22)20-7-6-14-29-20/h6-11,14,24H,3-5,12-13,15-17H2,1-2H3,(H2,23,25,26). The second kappa shape index (κ2) is 10.4. The van der Waals surface area contributed by atoms with E-state index in [2.05, 4.69) is 37.9 Å². The molecule has 30 heavy (non-hydrogen) atoms. The van der Waals surface area contributed by atoms with Crippen LogP contribution in [-0.2, 0) is 27.7 Å². The van der Waals surface area contributed by atoms with Gasteiger partial charge in [0.1, 0.15) is 0 Å². The number of hydrogen-bond acceptors (Lipinski definition) is 4. The van der Waals surface area contributed by atoms with E-state index >= 15 is 0 Å². The fourth-order valence-electron chi connectivity index (χ4n) is 4.02. The summed E-state index contributed by atoms with van der Waals surface area (Å²) >= 11 is 1.86. The smallest absolute Gasteiger partial charge is 0.215 e. The molecule has 0 spiro atoms. The van der Waals surface area contributed by atoms with Gasteiger partial charge in [-0.05, 0) is 42.5 Å². The molecule has 0 aliphatic heterocycles. The van der Waals surface area contributed by atoms with Gasteiger partial charge in [0.15, 0.2) is 5.96 Å². The highest BCUT2D eigenvalue weighted by Crippen LogP contribution is 2.41. The van der Waals surface area contributed by atoms with Crippen molar-refractivity contribution in [3.63, 3.8) is 0 Å². The first-order valence-corrected chi connectivity index (χ1v) is 13.0. The van der Waals surface area contributed by atoms with Crippen LogP contribution in [0.5, 0.6) is 0 Å². The first kappa shape index (κ1) is 22.8. The number of thiophene rings is 1. The number of hydrogen-bond donors (Lipinski definition) is 3. The minimum absolute atomic E-state index is 0.00870. The van der Waals surface area contributed by atoms with Crippen molar-refractivity contribution in [3.8, 4) is 0 Å².